The Morgan fingerprint density at radius 2 is 1.50 bits per heavy atom. The third kappa shape index (κ3) is 6.22. The Labute approximate surface area is 232 Å². The molecule has 0 aliphatic carbocycles. The Bertz CT molecular complexity index is 1760. The van der Waals surface area contributed by atoms with Crippen LogP contribution in [0.15, 0.2) is 114 Å². The molecule has 0 radical (unpaired) electrons. The quantitative estimate of drug-likeness (QED) is 0.215. The van der Waals surface area contributed by atoms with Gasteiger partial charge in [-0.05, 0) is 65.2 Å². The van der Waals surface area contributed by atoms with Gasteiger partial charge in [-0.1, -0.05) is 54.6 Å². The molecule has 0 aliphatic rings. The highest BCUT2D eigenvalue weighted by Crippen LogP contribution is 2.25. The van der Waals surface area contributed by atoms with E-state index in [1.54, 1.807) is 48.5 Å². The van der Waals surface area contributed by atoms with Gasteiger partial charge in [0, 0.05) is 41.4 Å². The van der Waals surface area contributed by atoms with E-state index in [0.29, 0.717) is 17.8 Å². The number of nitrogens with one attached hydrogen (secondary N) is 2. The van der Waals surface area contributed by atoms with Gasteiger partial charge in [-0.2, -0.15) is 0 Å². The van der Waals surface area contributed by atoms with E-state index in [-0.39, 0.29) is 23.8 Å². The fourth-order valence-electron chi connectivity index (χ4n) is 4.42. The molecule has 40 heavy (non-hydrogen) atoms. The highest BCUT2D eigenvalue weighted by Gasteiger charge is 2.15. The molecular weight excluding hydrogens is 526 g/mol. The maximum Gasteiger partial charge on any atom is 0.305 e. The number of aromatic nitrogens is 1. The first-order valence-corrected chi connectivity index (χ1v) is 14.1. The normalized spacial score (nSPS) is 11.3. The van der Waals surface area contributed by atoms with Crippen molar-refractivity contribution in [2.75, 3.05) is 11.3 Å². The number of benzene rings is 4. The average molecular weight is 554 g/mol. The summed E-state index contributed by atoms with van der Waals surface area (Å²) in [5.74, 6) is -1.28. The van der Waals surface area contributed by atoms with Crippen LogP contribution in [-0.2, 0) is 21.4 Å². The number of hydrogen-bond donors (Lipinski definition) is 3. The summed E-state index contributed by atoms with van der Waals surface area (Å²) in [4.78, 5) is 23.0. The van der Waals surface area contributed by atoms with Gasteiger partial charge in [0.1, 0.15) is 0 Å². The van der Waals surface area contributed by atoms with Crippen LogP contribution in [0.3, 0.4) is 0 Å². The molecule has 8 nitrogen and oxygen atoms in total. The fraction of sp³-hybridized carbons (Fsp3) is 0.0968. The number of carbonyl (C=O) groups excluding carboxylic acids is 1. The maximum absolute atomic E-state index is 13.0. The van der Waals surface area contributed by atoms with Crippen LogP contribution in [0.5, 0.6) is 0 Å². The van der Waals surface area contributed by atoms with E-state index in [2.05, 4.69) is 10.0 Å². The standard InChI is InChI=1S/C31H27N3O5S/c35-30(36)16-18-32-31(37)25-8-6-22(7-9-25)21-34-19-17-26-20-27(12-15-29(26)34)33-40(38,39)28-13-10-24(11-14-28)23-4-2-1-3-5-23/h1-15,17,19-20,33H,16,18,21H2,(H,32,37)(H,35,36). The number of sulfonamides is 1. The molecule has 0 fully saturated rings. The van der Waals surface area contributed by atoms with Crippen molar-refractivity contribution in [3.05, 3.63) is 120 Å². The summed E-state index contributed by atoms with van der Waals surface area (Å²) in [5.41, 5.74) is 4.79. The lowest BCUT2D eigenvalue weighted by atomic mass is 10.1. The lowest BCUT2D eigenvalue weighted by Crippen LogP contribution is -2.25. The van der Waals surface area contributed by atoms with Crippen molar-refractivity contribution in [1.82, 2.24) is 9.88 Å². The molecule has 0 saturated carbocycles. The number of carboxylic acids is 1. The summed E-state index contributed by atoms with van der Waals surface area (Å²) >= 11 is 0. The summed E-state index contributed by atoms with van der Waals surface area (Å²) in [6, 6.07) is 31.0. The lowest BCUT2D eigenvalue weighted by molar-refractivity contribution is -0.136. The van der Waals surface area contributed by atoms with Gasteiger partial charge < -0.3 is 15.0 Å². The number of carbonyl (C=O) groups is 2. The number of rotatable bonds is 10. The molecular formula is C31H27N3O5S. The third-order valence-electron chi connectivity index (χ3n) is 6.49. The number of anilines is 1. The van der Waals surface area contributed by atoms with E-state index in [1.807, 2.05) is 65.4 Å². The largest absolute Gasteiger partial charge is 0.481 e. The molecule has 0 spiro atoms. The van der Waals surface area contributed by atoms with E-state index < -0.39 is 16.0 Å². The van der Waals surface area contributed by atoms with Gasteiger partial charge in [-0.3, -0.25) is 14.3 Å². The predicted molar refractivity (Wildman–Crippen MR) is 155 cm³/mol. The second-order valence-corrected chi connectivity index (χ2v) is 11.0. The van der Waals surface area contributed by atoms with Gasteiger partial charge in [-0.25, -0.2) is 8.42 Å². The van der Waals surface area contributed by atoms with Crippen molar-refractivity contribution in [3.63, 3.8) is 0 Å². The molecule has 0 unspecified atom stereocenters. The van der Waals surface area contributed by atoms with Crippen molar-refractivity contribution < 1.29 is 23.1 Å². The molecule has 0 saturated heterocycles. The van der Waals surface area contributed by atoms with Gasteiger partial charge in [0.15, 0.2) is 0 Å². The molecule has 0 bridgehead atoms. The zero-order valence-electron chi connectivity index (χ0n) is 21.4. The van der Waals surface area contributed by atoms with Crippen molar-refractivity contribution >= 4 is 38.5 Å². The monoisotopic (exact) mass is 553 g/mol. The van der Waals surface area contributed by atoms with Crippen molar-refractivity contribution in [1.29, 1.82) is 0 Å². The van der Waals surface area contributed by atoms with Gasteiger partial charge >= 0.3 is 5.97 Å². The van der Waals surface area contributed by atoms with Crippen LogP contribution in [0.1, 0.15) is 22.3 Å². The van der Waals surface area contributed by atoms with Crippen LogP contribution in [0.4, 0.5) is 5.69 Å². The highest BCUT2D eigenvalue weighted by atomic mass is 32.2. The van der Waals surface area contributed by atoms with Crippen LogP contribution in [-0.4, -0.2) is 36.5 Å². The van der Waals surface area contributed by atoms with Gasteiger partial charge in [0.2, 0.25) is 0 Å². The second kappa shape index (κ2) is 11.5. The summed E-state index contributed by atoms with van der Waals surface area (Å²) in [5, 5.41) is 12.2. The first kappa shape index (κ1) is 26.7. The molecule has 3 N–H and O–H groups in total. The van der Waals surface area contributed by atoms with Crippen LogP contribution in [0.2, 0.25) is 0 Å². The van der Waals surface area contributed by atoms with E-state index in [4.69, 9.17) is 5.11 Å². The Morgan fingerprint density at radius 1 is 0.800 bits per heavy atom. The SMILES string of the molecule is O=C(O)CCNC(=O)c1ccc(Cn2ccc3cc(NS(=O)(=O)c4ccc(-c5ccccc5)cc4)ccc32)cc1. The molecule has 0 atom stereocenters. The van der Waals surface area contributed by atoms with Gasteiger partial charge in [-0.15, -0.1) is 0 Å². The minimum absolute atomic E-state index is 0.0734. The Balaban J connectivity index is 1.25. The van der Waals surface area contributed by atoms with Crippen LogP contribution < -0.4 is 10.0 Å². The van der Waals surface area contributed by atoms with E-state index in [1.165, 1.54) is 0 Å². The minimum atomic E-state index is -3.76. The lowest BCUT2D eigenvalue weighted by Gasteiger charge is -2.11. The Hall–Kier alpha value is -4.89. The molecule has 9 heteroatoms. The number of hydrogen-bond acceptors (Lipinski definition) is 4. The van der Waals surface area contributed by atoms with Crippen molar-refractivity contribution in [2.24, 2.45) is 0 Å². The third-order valence-corrected chi connectivity index (χ3v) is 7.89. The van der Waals surface area contributed by atoms with Crippen LogP contribution in [0.25, 0.3) is 22.0 Å². The molecule has 1 amide bonds. The minimum Gasteiger partial charge on any atom is -0.481 e. The maximum atomic E-state index is 13.0. The molecule has 5 rings (SSSR count). The molecule has 5 aromatic rings. The predicted octanol–water partition coefficient (Wildman–Crippen LogP) is 5.36. The summed E-state index contributed by atoms with van der Waals surface area (Å²) < 4.78 is 30.8. The molecule has 4 aromatic carbocycles. The molecule has 1 aromatic heterocycles. The number of amides is 1. The van der Waals surface area contributed by atoms with Crippen molar-refractivity contribution in [3.8, 4) is 11.1 Å². The summed E-state index contributed by atoms with van der Waals surface area (Å²) in [6.45, 7) is 0.632. The molecule has 202 valence electrons. The molecule has 1 heterocycles. The number of nitrogens with zero attached hydrogens (tertiary/aromatic N) is 1. The van der Waals surface area contributed by atoms with Crippen LogP contribution >= 0.6 is 0 Å². The van der Waals surface area contributed by atoms with E-state index in [9.17, 15) is 18.0 Å². The highest BCUT2D eigenvalue weighted by molar-refractivity contribution is 7.92. The number of fused-ring (bicyclic) bond motifs is 1. The topological polar surface area (TPSA) is 118 Å². The first-order valence-electron chi connectivity index (χ1n) is 12.6. The number of carboxylic acid groups (broad SMARTS) is 1. The molecule has 0 aliphatic heterocycles. The van der Waals surface area contributed by atoms with E-state index in [0.717, 1.165) is 27.6 Å². The second-order valence-electron chi connectivity index (χ2n) is 9.31. The van der Waals surface area contributed by atoms with Gasteiger partial charge in [0.05, 0.1) is 11.3 Å². The fourth-order valence-corrected chi connectivity index (χ4v) is 5.47. The first-order chi connectivity index (χ1) is 19.3. The van der Waals surface area contributed by atoms with E-state index >= 15 is 0 Å². The smallest absolute Gasteiger partial charge is 0.305 e. The Morgan fingerprint density at radius 3 is 2.20 bits per heavy atom. The van der Waals surface area contributed by atoms with Gasteiger partial charge in [0.25, 0.3) is 15.9 Å². The summed E-state index contributed by atoms with van der Waals surface area (Å²) in [7, 11) is -3.76. The summed E-state index contributed by atoms with van der Waals surface area (Å²) in [6.07, 6.45) is 1.80. The average Bonchev–Trinajstić information content (AvgIpc) is 3.35. The van der Waals surface area contributed by atoms with Crippen molar-refractivity contribution in [2.45, 2.75) is 17.9 Å². The Kier molecular flexibility index (Phi) is 7.65. The van der Waals surface area contributed by atoms with Crippen LogP contribution in [0, 0.1) is 0 Å². The zero-order valence-corrected chi connectivity index (χ0v) is 22.3. The zero-order chi connectivity index (χ0) is 28.1. The number of aliphatic carboxylic acids is 1.